The number of nitrogens with zero attached hydrogens (tertiary/aromatic N) is 3. The predicted octanol–water partition coefficient (Wildman–Crippen LogP) is 5.41. The molecule has 2 aromatic heterocycles. The van der Waals surface area contributed by atoms with E-state index in [1.54, 1.807) is 0 Å². The first kappa shape index (κ1) is 25.3. The highest BCUT2D eigenvalue weighted by Crippen LogP contribution is 2.40. The molecular weight excluding hydrogens is 450 g/mol. The molecule has 0 bridgehead atoms. The third kappa shape index (κ3) is 5.97. The summed E-state index contributed by atoms with van der Waals surface area (Å²) in [5, 5.41) is 0. The second-order valence-electron chi connectivity index (χ2n) is 10.8. The van der Waals surface area contributed by atoms with Crippen LogP contribution in [0.25, 0.3) is 0 Å². The van der Waals surface area contributed by atoms with Gasteiger partial charge in [-0.25, -0.2) is 4.79 Å². The van der Waals surface area contributed by atoms with Gasteiger partial charge in [-0.15, -0.1) is 0 Å². The molecule has 0 amide bonds. The van der Waals surface area contributed by atoms with Gasteiger partial charge in [0.05, 0.1) is 12.7 Å². The summed E-state index contributed by atoms with van der Waals surface area (Å²) in [5.74, 6) is 1.07. The Morgan fingerprint density at radius 3 is 2.81 bits per heavy atom. The Bertz CT molecular complexity index is 1010. The number of aromatic nitrogens is 2. The number of hydrogen-bond acceptors (Lipinski definition) is 6. The van der Waals surface area contributed by atoms with Gasteiger partial charge in [0.25, 0.3) is 0 Å². The van der Waals surface area contributed by atoms with E-state index in [9.17, 15) is 4.79 Å². The number of carbonyl (C=O) groups excluding carboxylic acids is 1. The number of esters is 1. The van der Waals surface area contributed by atoms with Gasteiger partial charge in [0.2, 0.25) is 0 Å². The van der Waals surface area contributed by atoms with Crippen molar-refractivity contribution < 1.29 is 14.3 Å². The lowest BCUT2D eigenvalue weighted by Gasteiger charge is -2.32. The molecular formula is C30H41N3O3. The van der Waals surface area contributed by atoms with Crippen LogP contribution in [0.4, 0.5) is 0 Å². The molecule has 1 saturated carbocycles. The van der Waals surface area contributed by atoms with Gasteiger partial charge in [-0.1, -0.05) is 25.0 Å². The van der Waals surface area contributed by atoms with Crippen LogP contribution in [0.2, 0.25) is 0 Å². The quantitative estimate of drug-likeness (QED) is 0.309. The lowest BCUT2D eigenvalue weighted by Crippen LogP contribution is -2.36. The Morgan fingerprint density at radius 2 is 1.97 bits per heavy atom. The lowest BCUT2D eigenvalue weighted by atomic mass is 9.80. The van der Waals surface area contributed by atoms with Crippen LogP contribution in [0.15, 0.2) is 36.7 Å². The SMILES string of the molecule is CCOC(=O)C(c1cccnc1C1CCC1)N1CC[C@@H](OCCCCC2CCc3cccnc3C2)C1. The molecule has 2 aliphatic carbocycles. The minimum absolute atomic E-state index is 0.157. The van der Waals surface area contributed by atoms with E-state index in [0.717, 1.165) is 69.0 Å². The molecule has 3 heterocycles. The molecule has 3 aliphatic rings. The molecule has 2 fully saturated rings. The number of aryl methyl sites for hydroxylation is 1. The van der Waals surface area contributed by atoms with E-state index >= 15 is 0 Å². The Labute approximate surface area is 215 Å². The molecule has 2 unspecified atom stereocenters. The molecule has 1 aliphatic heterocycles. The van der Waals surface area contributed by atoms with Crippen LogP contribution in [-0.2, 0) is 27.1 Å². The number of hydrogen-bond donors (Lipinski definition) is 0. The Morgan fingerprint density at radius 1 is 1.11 bits per heavy atom. The van der Waals surface area contributed by atoms with Crippen LogP contribution in [-0.4, -0.2) is 53.2 Å². The highest BCUT2D eigenvalue weighted by Gasteiger charge is 2.38. The van der Waals surface area contributed by atoms with E-state index in [-0.39, 0.29) is 18.1 Å². The molecule has 0 radical (unpaired) electrons. The fourth-order valence-corrected chi connectivity index (χ4v) is 6.15. The van der Waals surface area contributed by atoms with Crippen molar-refractivity contribution in [3.05, 3.63) is 59.2 Å². The number of pyridine rings is 2. The second kappa shape index (κ2) is 12.3. The fourth-order valence-electron chi connectivity index (χ4n) is 6.15. The maximum atomic E-state index is 13.1. The second-order valence-corrected chi connectivity index (χ2v) is 10.8. The minimum atomic E-state index is -0.384. The third-order valence-corrected chi connectivity index (χ3v) is 8.36. The van der Waals surface area contributed by atoms with Crippen LogP contribution in [0.1, 0.15) is 92.8 Å². The van der Waals surface area contributed by atoms with E-state index in [1.165, 1.54) is 43.4 Å². The van der Waals surface area contributed by atoms with Crippen molar-refractivity contribution in [3.63, 3.8) is 0 Å². The molecule has 5 rings (SSSR count). The number of rotatable bonds is 11. The summed E-state index contributed by atoms with van der Waals surface area (Å²) in [6.45, 7) is 4.69. The summed E-state index contributed by atoms with van der Waals surface area (Å²) < 4.78 is 11.8. The molecule has 3 atom stereocenters. The summed E-state index contributed by atoms with van der Waals surface area (Å²) in [6.07, 6.45) is 15.6. The van der Waals surface area contributed by atoms with Gasteiger partial charge in [0.1, 0.15) is 6.04 Å². The smallest absolute Gasteiger partial charge is 0.328 e. The van der Waals surface area contributed by atoms with Crippen molar-refractivity contribution in [2.75, 3.05) is 26.3 Å². The van der Waals surface area contributed by atoms with Gasteiger partial charge in [-0.3, -0.25) is 14.9 Å². The summed E-state index contributed by atoms with van der Waals surface area (Å²) in [4.78, 5) is 24.7. The van der Waals surface area contributed by atoms with Crippen molar-refractivity contribution >= 4 is 5.97 Å². The minimum Gasteiger partial charge on any atom is -0.465 e. The zero-order chi connectivity index (χ0) is 24.7. The van der Waals surface area contributed by atoms with Crippen LogP contribution in [0, 0.1) is 5.92 Å². The first-order valence-electron chi connectivity index (χ1n) is 14.1. The Hall–Kier alpha value is -2.31. The van der Waals surface area contributed by atoms with Gasteiger partial charge < -0.3 is 9.47 Å². The zero-order valence-corrected chi connectivity index (χ0v) is 21.7. The largest absolute Gasteiger partial charge is 0.465 e. The molecule has 2 aromatic rings. The summed E-state index contributed by atoms with van der Waals surface area (Å²) in [5.41, 5.74) is 4.87. The predicted molar refractivity (Wildman–Crippen MR) is 140 cm³/mol. The zero-order valence-electron chi connectivity index (χ0n) is 21.7. The van der Waals surface area contributed by atoms with Gasteiger partial charge in [-0.2, -0.15) is 0 Å². The van der Waals surface area contributed by atoms with E-state index in [2.05, 4.69) is 28.1 Å². The first-order chi connectivity index (χ1) is 17.7. The molecule has 6 heteroatoms. The first-order valence-corrected chi connectivity index (χ1v) is 14.1. The maximum absolute atomic E-state index is 13.1. The van der Waals surface area contributed by atoms with Crippen molar-refractivity contribution in [2.45, 2.75) is 89.2 Å². The Kier molecular flexibility index (Phi) is 8.65. The molecule has 6 nitrogen and oxygen atoms in total. The van der Waals surface area contributed by atoms with Crippen LogP contribution < -0.4 is 0 Å². The summed E-state index contributed by atoms with van der Waals surface area (Å²) in [6, 6.07) is 7.93. The van der Waals surface area contributed by atoms with E-state index in [4.69, 9.17) is 14.5 Å². The monoisotopic (exact) mass is 491 g/mol. The van der Waals surface area contributed by atoms with E-state index in [1.807, 2.05) is 25.4 Å². The van der Waals surface area contributed by atoms with Crippen LogP contribution in [0.5, 0.6) is 0 Å². The number of unbranched alkanes of at least 4 members (excludes halogenated alkanes) is 1. The molecule has 36 heavy (non-hydrogen) atoms. The molecule has 0 N–H and O–H groups in total. The molecule has 0 aromatic carbocycles. The topological polar surface area (TPSA) is 64.5 Å². The van der Waals surface area contributed by atoms with Crippen molar-refractivity contribution in [2.24, 2.45) is 5.92 Å². The maximum Gasteiger partial charge on any atom is 0.328 e. The summed E-state index contributed by atoms with van der Waals surface area (Å²) in [7, 11) is 0. The van der Waals surface area contributed by atoms with Gasteiger partial charge in [0.15, 0.2) is 0 Å². The van der Waals surface area contributed by atoms with Gasteiger partial charge in [0, 0.05) is 55.0 Å². The van der Waals surface area contributed by atoms with Crippen molar-refractivity contribution in [3.8, 4) is 0 Å². The highest BCUT2D eigenvalue weighted by atomic mass is 16.5. The number of fused-ring (bicyclic) bond motifs is 1. The standard InChI is InChI=1S/C30H41N3O3/c1-2-35-30(34)29(26-12-7-17-32-28(26)24-9-5-10-24)33-18-15-25(21-33)36-19-4-3-8-22-13-14-23-11-6-16-31-27(23)20-22/h6-7,11-12,16-17,22,24-25,29H,2-5,8-10,13-15,18-21H2,1H3/t22?,25-,29?/m1/s1. The van der Waals surface area contributed by atoms with Crippen molar-refractivity contribution in [1.82, 2.24) is 14.9 Å². The number of carbonyl (C=O) groups is 1. The lowest BCUT2D eigenvalue weighted by molar-refractivity contribution is -0.149. The average molecular weight is 492 g/mol. The normalized spacial score (nSPS) is 23.1. The van der Waals surface area contributed by atoms with Gasteiger partial charge in [-0.05, 0) is 81.9 Å². The van der Waals surface area contributed by atoms with Gasteiger partial charge >= 0.3 is 5.97 Å². The fraction of sp³-hybridized carbons (Fsp3) is 0.633. The highest BCUT2D eigenvalue weighted by molar-refractivity contribution is 5.78. The molecule has 1 saturated heterocycles. The van der Waals surface area contributed by atoms with Crippen molar-refractivity contribution in [1.29, 1.82) is 0 Å². The van der Waals surface area contributed by atoms with Crippen LogP contribution in [0.3, 0.4) is 0 Å². The Balaban J connectivity index is 1.10. The summed E-state index contributed by atoms with van der Waals surface area (Å²) >= 11 is 0. The van der Waals surface area contributed by atoms with Crippen LogP contribution >= 0.6 is 0 Å². The third-order valence-electron chi connectivity index (χ3n) is 8.36. The molecule has 0 spiro atoms. The number of likely N-dealkylation sites (tertiary alicyclic amines) is 1. The number of ether oxygens (including phenoxy) is 2. The average Bonchev–Trinajstić information content (AvgIpc) is 3.32. The molecule has 194 valence electrons. The van der Waals surface area contributed by atoms with E-state index in [0.29, 0.717) is 12.5 Å². The van der Waals surface area contributed by atoms with E-state index < -0.39 is 0 Å².